The average Bonchev–Trinajstić information content (AvgIpc) is 2.30. The van der Waals surface area contributed by atoms with Crippen molar-refractivity contribution in [1.82, 2.24) is 4.90 Å². The molecule has 2 unspecified atom stereocenters. The van der Waals surface area contributed by atoms with Gasteiger partial charge >= 0.3 is 0 Å². The molecule has 2 nitrogen and oxygen atoms in total. The molecule has 1 N–H and O–H groups in total. The third kappa shape index (κ3) is 2.77. The van der Waals surface area contributed by atoms with Crippen LogP contribution >= 0.6 is 0 Å². The minimum absolute atomic E-state index is 0.0481. The van der Waals surface area contributed by atoms with E-state index in [-0.39, 0.29) is 11.7 Å². The van der Waals surface area contributed by atoms with Crippen LogP contribution in [0.25, 0.3) is 0 Å². The van der Waals surface area contributed by atoms with Crippen molar-refractivity contribution in [2.45, 2.75) is 31.8 Å². The van der Waals surface area contributed by atoms with Crippen molar-refractivity contribution >= 4 is 5.69 Å². The van der Waals surface area contributed by atoms with Gasteiger partial charge in [0.1, 0.15) is 5.82 Å². The van der Waals surface area contributed by atoms with Crippen LogP contribution in [-0.4, -0.2) is 30.6 Å². The van der Waals surface area contributed by atoms with Crippen molar-refractivity contribution in [1.29, 1.82) is 0 Å². The molecule has 5 heteroatoms. The minimum atomic E-state index is -1.15. The molecule has 1 heterocycles. The highest BCUT2D eigenvalue weighted by molar-refractivity contribution is 5.46. The van der Waals surface area contributed by atoms with E-state index in [0.29, 0.717) is 12.1 Å². The fourth-order valence-electron chi connectivity index (χ4n) is 2.30. The second kappa shape index (κ2) is 5.18. The van der Waals surface area contributed by atoms with Crippen LogP contribution in [-0.2, 0) is 0 Å². The third-order valence-corrected chi connectivity index (χ3v) is 3.56. The molecule has 0 aromatic heterocycles. The van der Waals surface area contributed by atoms with Gasteiger partial charge in [-0.25, -0.2) is 13.2 Å². The highest BCUT2D eigenvalue weighted by Gasteiger charge is 2.24. The summed E-state index contributed by atoms with van der Waals surface area (Å²) in [6.07, 6.45) is 1.66. The van der Waals surface area contributed by atoms with Crippen LogP contribution < -0.4 is 5.32 Å². The lowest BCUT2D eigenvalue weighted by atomic mass is 9.98. The van der Waals surface area contributed by atoms with Gasteiger partial charge in [0.05, 0.1) is 5.69 Å². The van der Waals surface area contributed by atoms with E-state index in [9.17, 15) is 13.2 Å². The van der Waals surface area contributed by atoms with Crippen LogP contribution in [0.2, 0.25) is 0 Å². The number of nitrogens with zero attached hydrogens (tertiary/aromatic N) is 1. The average molecular weight is 258 g/mol. The van der Waals surface area contributed by atoms with Crippen LogP contribution in [0.4, 0.5) is 18.9 Å². The summed E-state index contributed by atoms with van der Waals surface area (Å²) in [5.74, 6) is -2.93. The van der Waals surface area contributed by atoms with Gasteiger partial charge < -0.3 is 10.2 Å². The van der Waals surface area contributed by atoms with E-state index in [0.717, 1.165) is 25.5 Å². The van der Waals surface area contributed by atoms with Crippen LogP contribution in [0.3, 0.4) is 0 Å². The predicted molar refractivity (Wildman–Crippen MR) is 65.1 cm³/mol. The van der Waals surface area contributed by atoms with Gasteiger partial charge in [-0.2, -0.15) is 0 Å². The first kappa shape index (κ1) is 13.2. The molecule has 18 heavy (non-hydrogen) atoms. The Morgan fingerprint density at radius 1 is 1.28 bits per heavy atom. The zero-order chi connectivity index (χ0) is 13.3. The molecule has 1 aromatic carbocycles. The molecule has 0 bridgehead atoms. The third-order valence-electron chi connectivity index (χ3n) is 3.56. The van der Waals surface area contributed by atoms with Gasteiger partial charge in [-0.3, -0.25) is 0 Å². The molecule has 2 atom stereocenters. The van der Waals surface area contributed by atoms with Gasteiger partial charge in [-0.15, -0.1) is 0 Å². The second-order valence-corrected chi connectivity index (χ2v) is 4.94. The molecule has 0 radical (unpaired) electrons. The molecule has 100 valence electrons. The van der Waals surface area contributed by atoms with Crippen molar-refractivity contribution in [3.05, 3.63) is 29.6 Å². The van der Waals surface area contributed by atoms with Gasteiger partial charge in [0.25, 0.3) is 0 Å². The summed E-state index contributed by atoms with van der Waals surface area (Å²) in [6, 6.07) is 1.98. The molecule has 0 spiro atoms. The lowest BCUT2D eigenvalue weighted by Gasteiger charge is -2.35. The Kier molecular flexibility index (Phi) is 3.80. The van der Waals surface area contributed by atoms with Crippen molar-refractivity contribution in [2.24, 2.45) is 0 Å². The van der Waals surface area contributed by atoms with Gasteiger partial charge in [0, 0.05) is 30.8 Å². The minimum Gasteiger partial charge on any atom is -0.380 e. The topological polar surface area (TPSA) is 15.3 Å². The molecule has 1 aromatic rings. The van der Waals surface area contributed by atoms with E-state index in [1.807, 2.05) is 7.05 Å². The lowest BCUT2D eigenvalue weighted by Crippen LogP contribution is -2.42. The van der Waals surface area contributed by atoms with E-state index in [1.54, 1.807) is 0 Å². The first-order chi connectivity index (χ1) is 8.47. The van der Waals surface area contributed by atoms with Crippen molar-refractivity contribution in [2.75, 3.05) is 18.9 Å². The number of halogens is 3. The van der Waals surface area contributed by atoms with E-state index in [4.69, 9.17) is 0 Å². The van der Waals surface area contributed by atoms with Crippen LogP contribution in [0.15, 0.2) is 12.1 Å². The Labute approximate surface area is 105 Å². The first-order valence-electron chi connectivity index (χ1n) is 6.08. The standard InChI is InChI=1S/C13H17F3N2/c1-8-5-10(3-4-18(8)2)17-12-7-9(14)6-11(15)13(12)16/h6-8,10,17H,3-5H2,1-2H3. The van der Waals surface area contributed by atoms with Crippen molar-refractivity contribution < 1.29 is 13.2 Å². The van der Waals surface area contributed by atoms with Crippen molar-refractivity contribution in [3.8, 4) is 0 Å². The second-order valence-electron chi connectivity index (χ2n) is 4.94. The number of hydrogen-bond acceptors (Lipinski definition) is 2. The normalized spacial score (nSPS) is 25.2. The number of benzene rings is 1. The Morgan fingerprint density at radius 2 is 2.00 bits per heavy atom. The molecule has 0 saturated carbocycles. The fourth-order valence-corrected chi connectivity index (χ4v) is 2.30. The van der Waals surface area contributed by atoms with Crippen LogP contribution in [0, 0.1) is 17.5 Å². The van der Waals surface area contributed by atoms with E-state index >= 15 is 0 Å². The molecular weight excluding hydrogens is 241 g/mol. The van der Waals surface area contributed by atoms with E-state index < -0.39 is 17.5 Å². The maximum absolute atomic E-state index is 13.5. The maximum atomic E-state index is 13.5. The molecular formula is C13H17F3N2. The molecule has 0 aliphatic carbocycles. The Bertz CT molecular complexity index is 436. The zero-order valence-electron chi connectivity index (χ0n) is 10.5. The van der Waals surface area contributed by atoms with E-state index in [1.165, 1.54) is 0 Å². The number of piperidine rings is 1. The van der Waals surface area contributed by atoms with Crippen LogP contribution in [0.5, 0.6) is 0 Å². The molecule has 1 aliphatic rings. The summed E-state index contributed by atoms with van der Waals surface area (Å²) in [5.41, 5.74) is -0.0887. The number of likely N-dealkylation sites (tertiary alicyclic amines) is 1. The molecule has 0 amide bonds. The molecule has 1 aliphatic heterocycles. The predicted octanol–water partition coefficient (Wildman–Crippen LogP) is 3.00. The number of nitrogens with one attached hydrogen (secondary N) is 1. The summed E-state index contributed by atoms with van der Waals surface area (Å²) in [4.78, 5) is 2.21. The highest BCUT2D eigenvalue weighted by Crippen LogP contribution is 2.24. The van der Waals surface area contributed by atoms with Gasteiger partial charge in [0.15, 0.2) is 11.6 Å². The molecule has 1 saturated heterocycles. The Hall–Kier alpha value is -1.23. The zero-order valence-corrected chi connectivity index (χ0v) is 10.5. The maximum Gasteiger partial charge on any atom is 0.182 e. The first-order valence-corrected chi connectivity index (χ1v) is 6.08. The van der Waals surface area contributed by atoms with Crippen molar-refractivity contribution in [3.63, 3.8) is 0 Å². The summed E-state index contributed by atoms with van der Waals surface area (Å²) < 4.78 is 39.6. The Balaban J connectivity index is 2.10. The highest BCUT2D eigenvalue weighted by atomic mass is 19.2. The molecule has 1 fully saturated rings. The Morgan fingerprint density at radius 3 is 2.67 bits per heavy atom. The number of rotatable bonds is 2. The van der Waals surface area contributed by atoms with Gasteiger partial charge in [0.2, 0.25) is 0 Å². The summed E-state index contributed by atoms with van der Waals surface area (Å²) in [7, 11) is 2.03. The smallest absolute Gasteiger partial charge is 0.182 e. The quantitative estimate of drug-likeness (QED) is 0.820. The largest absolute Gasteiger partial charge is 0.380 e. The van der Waals surface area contributed by atoms with E-state index in [2.05, 4.69) is 17.1 Å². The summed E-state index contributed by atoms with van der Waals surface area (Å²) in [6.45, 7) is 2.97. The number of anilines is 1. The molecule has 2 rings (SSSR count). The summed E-state index contributed by atoms with van der Waals surface area (Å²) in [5, 5.41) is 2.90. The fraction of sp³-hybridized carbons (Fsp3) is 0.538. The van der Waals surface area contributed by atoms with Crippen LogP contribution in [0.1, 0.15) is 19.8 Å². The monoisotopic (exact) mass is 258 g/mol. The van der Waals surface area contributed by atoms with Gasteiger partial charge in [-0.05, 0) is 26.8 Å². The lowest BCUT2D eigenvalue weighted by molar-refractivity contribution is 0.190. The van der Waals surface area contributed by atoms with Gasteiger partial charge in [-0.1, -0.05) is 0 Å². The summed E-state index contributed by atoms with van der Waals surface area (Å²) >= 11 is 0. The number of hydrogen-bond donors (Lipinski definition) is 1. The SMILES string of the molecule is CC1CC(Nc2cc(F)cc(F)c2F)CCN1C.